The molecule has 1 aliphatic rings. The molecule has 0 N–H and O–H groups in total. The van der Waals surface area contributed by atoms with Crippen LogP contribution in [0.15, 0.2) is 0 Å². The smallest absolute Gasteiger partial charge is 0.0269 e. The van der Waals surface area contributed by atoms with Crippen molar-refractivity contribution in [3.05, 3.63) is 0 Å². The van der Waals surface area contributed by atoms with Crippen molar-refractivity contribution in [2.75, 3.05) is 0 Å². The molecule has 0 nitrogen and oxygen atoms in total. The third-order valence-electron chi connectivity index (χ3n) is 4.00. The van der Waals surface area contributed by atoms with E-state index in [-0.39, 0.29) is 5.41 Å². The van der Waals surface area contributed by atoms with Crippen molar-refractivity contribution in [1.29, 1.82) is 0 Å². The van der Waals surface area contributed by atoms with Crippen molar-refractivity contribution in [1.82, 2.24) is 0 Å². The quantitative estimate of drug-likeness (QED) is 0.586. The van der Waals surface area contributed by atoms with Gasteiger partial charge in [-0.3, -0.25) is 0 Å². The van der Waals surface area contributed by atoms with Gasteiger partial charge in [-0.15, -0.1) is 0 Å². The first-order valence-electron chi connectivity index (χ1n) is 6.56. The van der Waals surface area contributed by atoms with Crippen LogP contribution >= 0.6 is 0 Å². The molecule has 1 rings (SSSR count). The van der Waals surface area contributed by atoms with E-state index in [2.05, 4.69) is 27.7 Å². The average molecular weight is 184 g/mol. The Hall–Kier alpha value is 0. The molecule has 0 aromatic carbocycles. The summed E-state index contributed by atoms with van der Waals surface area (Å²) in [6.45, 7) is 10.6. The summed E-state index contributed by atoms with van der Waals surface area (Å²) in [7, 11) is 0. The molecule has 0 spiro atoms. The van der Waals surface area contributed by atoms with Crippen molar-refractivity contribution >= 4 is 0 Å². The van der Waals surface area contributed by atoms with Gasteiger partial charge in [-0.1, -0.05) is 41.0 Å². The zero-order chi connectivity index (χ0) is 11.9. The van der Waals surface area contributed by atoms with Gasteiger partial charge in [-0.05, 0) is 42.4 Å². The second-order valence-electron chi connectivity index (χ2n) is 5.91. The summed E-state index contributed by atoms with van der Waals surface area (Å²) in [5.74, 6) is 0.547. The Balaban J connectivity index is 2.68. The molecule has 0 heterocycles. The molecule has 0 saturated heterocycles. The first-order chi connectivity index (χ1) is 6.56. The Morgan fingerprint density at radius 2 is 1.77 bits per heavy atom. The third-order valence-corrected chi connectivity index (χ3v) is 4.00. The zero-order valence-corrected chi connectivity index (χ0v) is 9.91. The van der Waals surface area contributed by atoms with Gasteiger partial charge in [-0.25, -0.2) is 0 Å². The number of rotatable bonds is 2. The molecule has 0 radical (unpaired) electrons. The lowest BCUT2D eigenvalue weighted by Crippen LogP contribution is -2.30. The van der Waals surface area contributed by atoms with Crippen LogP contribution in [0, 0.1) is 16.7 Å². The van der Waals surface area contributed by atoms with E-state index in [0.29, 0.717) is 11.3 Å². The van der Waals surface area contributed by atoms with Gasteiger partial charge in [0.05, 0.1) is 0 Å². The molecule has 1 fully saturated rings. The van der Waals surface area contributed by atoms with E-state index in [1.165, 1.54) is 25.7 Å². The Labute approximate surface area is 86.9 Å². The predicted molar refractivity (Wildman–Crippen MR) is 59.8 cm³/mol. The standard InChI is InChI=1S/C13H26/c1-6-13(4,5)11-7-9-12(2,3)10-8-11/h11H,6-10H2,1-5H3/i6D2. The molecule has 0 heteroatoms. The summed E-state index contributed by atoms with van der Waals surface area (Å²) >= 11 is 0. The van der Waals surface area contributed by atoms with E-state index in [1.807, 2.05) is 0 Å². The van der Waals surface area contributed by atoms with Crippen molar-refractivity contribution in [2.45, 2.75) is 66.7 Å². The molecular formula is C13H26. The zero-order valence-electron chi connectivity index (χ0n) is 11.9. The monoisotopic (exact) mass is 184 g/mol. The molecular weight excluding hydrogens is 156 g/mol. The van der Waals surface area contributed by atoms with Crippen LogP contribution in [0.1, 0.15) is 69.4 Å². The molecule has 13 heavy (non-hydrogen) atoms. The van der Waals surface area contributed by atoms with Crippen LogP contribution in [0.4, 0.5) is 0 Å². The molecule has 0 atom stereocenters. The van der Waals surface area contributed by atoms with Crippen molar-refractivity contribution < 1.29 is 2.74 Å². The van der Waals surface area contributed by atoms with Gasteiger partial charge in [0.2, 0.25) is 0 Å². The van der Waals surface area contributed by atoms with Crippen LogP contribution < -0.4 is 0 Å². The molecule has 0 aromatic rings. The number of hydrogen-bond donors (Lipinski definition) is 0. The van der Waals surface area contributed by atoms with Crippen molar-refractivity contribution in [3.8, 4) is 0 Å². The normalized spacial score (nSPS) is 28.1. The lowest BCUT2D eigenvalue weighted by Gasteiger charge is -2.42. The van der Waals surface area contributed by atoms with E-state index in [1.54, 1.807) is 6.92 Å². The van der Waals surface area contributed by atoms with Crippen LogP contribution in [0.2, 0.25) is 0 Å². The molecule has 0 aromatic heterocycles. The minimum atomic E-state index is -1.07. The van der Waals surface area contributed by atoms with Gasteiger partial charge in [0, 0.05) is 2.74 Å². The third kappa shape index (κ3) is 2.72. The Morgan fingerprint density at radius 1 is 1.31 bits per heavy atom. The number of hydrogen-bond acceptors (Lipinski definition) is 0. The first kappa shape index (κ1) is 8.32. The Morgan fingerprint density at radius 3 is 2.15 bits per heavy atom. The fourth-order valence-electron chi connectivity index (χ4n) is 2.33. The Bertz CT molecular complexity index is 213. The topological polar surface area (TPSA) is 0 Å². The SMILES string of the molecule is [2H]C([2H])(C)C(C)(C)C1CCC(C)(C)CC1. The van der Waals surface area contributed by atoms with Gasteiger partial charge in [0.1, 0.15) is 0 Å². The maximum atomic E-state index is 7.94. The highest BCUT2D eigenvalue weighted by Crippen LogP contribution is 2.46. The lowest BCUT2D eigenvalue weighted by molar-refractivity contribution is 0.0956. The molecule has 0 bridgehead atoms. The molecule has 1 aliphatic carbocycles. The fraction of sp³-hybridized carbons (Fsp3) is 1.00. The minimum absolute atomic E-state index is 0.191. The Kier molecular flexibility index (Phi) is 2.32. The lowest BCUT2D eigenvalue weighted by atomic mass is 9.64. The van der Waals surface area contributed by atoms with Crippen LogP contribution in [0.5, 0.6) is 0 Å². The van der Waals surface area contributed by atoms with Gasteiger partial charge in [-0.2, -0.15) is 0 Å². The van der Waals surface area contributed by atoms with Gasteiger partial charge in [0.15, 0.2) is 0 Å². The molecule has 0 unspecified atom stereocenters. The maximum Gasteiger partial charge on any atom is 0.0269 e. The van der Waals surface area contributed by atoms with Gasteiger partial charge in [0.25, 0.3) is 0 Å². The van der Waals surface area contributed by atoms with Crippen LogP contribution in [-0.2, 0) is 0 Å². The van der Waals surface area contributed by atoms with Crippen molar-refractivity contribution in [3.63, 3.8) is 0 Å². The molecule has 0 aliphatic heterocycles. The van der Waals surface area contributed by atoms with Gasteiger partial charge >= 0.3 is 0 Å². The van der Waals surface area contributed by atoms with Crippen molar-refractivity contribution in [2.24, 2.45) is 16.7 Å². The molecule has 0 amide bonds. The first-order valence-corrected chi connectivity index (χ1v) is 5.56. The largest absolute Gasteiger partial charge is 0.0649 e. The average Bonchev–Trinajstić information content (AvgIpc) is 2.01. The van der Waals surface area contributed by atoms with E-state index in [0.717, 1.165) is 0 Å². The highest BCUT2D eigenvalue weighted by Gasteiger charge is 2.34. The van der Waals surface area contributed by atoms with Gasteiger partial charge < -0.3 is 0 Å². The van der Waals surface area contributed by atoms with Crippen LogP contribution in [0.3, 0.4) is 0 Å². The fourth-order valence-corrected chi connectivity index (χ4v) is 2.33. The van der Waals surface area contributed by atoms with E-state index < -0.39 is 6.37 Å². The maximum absolute atomic E-state index is 7.94. The highest BCUT2D eigenvalue weighted by molar-refractivity contribution is 4.85. The second-order valence-corrected chi connectivity index (χ2v) is 5.91. The van der Waals surface area contributed by atoms with E-state index in [9.17, 15) is 0 Å². The molecule has 1 saturated carbocycles. The van der Waals surface area contributed by atoms with Crippen LogP contribution in [-0.4, -0.2) is 0 Å². The summed E-state index contributed by atoms with van der Waals surface area (Å²) in [5, 5.41) is 0. The van der Waals surface area contributed by atoms with Crippen LogP contribution in [0.25, 0.3) is 0 Å². The molecule has 78 valence electrons. The highest BCUT2D eigenvalue weighted by atomic mass is 14.4. The minimum Gasteiger partial charge on any atom is -0.0649 e. The summed E-state index contributed by atoms with van der Waals surface area (Å²) in [5.41, 5.74) is 0.288. The second kappa shape index (κ2) is 3.63. The summed E-state index contributed by atoms with van der Waals surface area (Å²) < 4.78 is 15.9. The predicted octanol–water partition coefficient (Wildman–Crippen LogP) is 4.64. The summed E-state index contributed by atoms with van der Waals surface area (Å²) in [6, 6.07) is 0. The summed E-state index contributed by atoms with van der Waals surface area (Å²) in [4.78, 5) is 0. The summed E-state index contributed by atoms with van der Waals surface area (Å²) in [6.07, 6.45) is 3.80. The van der Waals surface area contributed by atoms with E-state index in [4.69, 9.17) is 2.74 Å². The van der Waals surface area contributed by atoms with E-state index >= 15 is 0 Å².